The average Bonchev–Trinajstić information content (AvgIpc) is 2.56. The van der Waals surface area contributed by atoms with E-state index in [-0.39, 0.29) is 13.1 Å². The second kappa shape index (κ2) is 5.54. The van der Waals surface area contributed by atoms with Crippen molar-refractivity contribution in [3.8, 4) is 0 Å². The molecule has 0 spiro atoms. The lowest BCUT2D eigenvalue weighted by molar-refractivity contribution is 0.773. The molecule has 1 aromatic rings. The predicted octanol–water partition coefficient (Wildman–Crippen LogP) is 6.62. The summed E-state index contributed by atoms with van der Waals surface area (Å²) < 4.78 is 0. The molecule has 0 saturated heterocycles. The largest absolute Gasteiger partial charge is 0.0864 e. The molecule has 1 aliphatic carbocycles. The molecular formula is C20H31P. The van der Waals surface area contributed by atoms with Crippen molar-refractivity contribution in [1.82, 2.24) is 0 Å². The number of aryl methyl sites for hydroxylation is 2. The van der Waals surface area contributed by atoms with Crippen LogP contribution in [0.3, 0.4) is 0 Å². The van der Waals surface area contributed by atoms with E-state index < -0.39 is 0 Å². The van der Waals surface area contributed by atoms with E-state index in [0.717, 1.165) is 11.3 Å². The molecule has 0 fully saturated rings. The van der Waals surface area contributed by atoms with Gasteiger partial charge in [0.25, 0.3) is 0 Å². The lowest BCUT2D eigenvalue weighted by atomic mass is 9.91. The van der Waals surface area contributed by atoms with Crippen molar-refractivity contribution in [3.63, 3.8) is 0 Å². The Balaban J connectivity index is 2.81. The molecule has 116 valence electrons. The first-order valence-corrected chi connectivity index (χ1v) is 9.69. The molecule has 1 aliphatic rings. The number of rotatable bonds is 3. The molecule has 0 amide bonds. The van der Waals surface area contributed by atoms with Crippen molar-refractivity contribution in [2.24, 2.45) is 0 Å². The Morgan fingerprint density at radius 3 is 1.81 bits per heavy atom. The third-order valence-corrected chi connectivity index (χ3v) is 9.22. The zero-order chi connectivity index (χ0) is 16.1. The Morgan fingerprint density at radius 1 is 0.857 bits per heavy atom. The van der Waals surface area contributed by atoms with Crippen LogP contribution in [-0.4, -0.2) is 11.3 Å². The summed E-state index contributed by atoms with van der Waals surface area (Å²) in [6.45, 7) is 21.5. The summed E-state index contributed by atoms with van der Waals surface area (Å²) in [5, 5.41) is 0.243. The van der Waals surface area contributed by atoms with Crippen molar-refractivity contribution in [2.75, 3.05) is 0 Å². The zero-order valence-electron chi connectivity index (χ0n) is 15.3. The van der Waals surface area contributed by atoms with E-state index in [1.165, 1.54) is 16.7 Å². The number of fused-ring (bicyclic) bond motifs is 1. The van der Waals surface area contributed by atoms with Crippen LogP contribution in [0.1, 0.15) is 70.7 Å². The smallest absolute Gasteiger partial charge is 0.0349 e. The Kier molecular flexibility index (Phi) is 4.42. The third-order valence-electron chi connectivity index (χ3n) is 5.41. The van der Waals surface area contributed by atoms with Gasteiger partial charge in [-0.2, -0.15) is 0 Å². The van der Waals surface area contributed by atoms with Gasteiger partial charge in [0.2, 0.25) is 0 Å². The minimum absolute atomic E-state index is 0.101. The van der Waals surface area contributed by atoms with E-state index in [9.17, 15) is 0 Å². The van der Waals surface area contributed by atoms with E-state index >= 15 is 0 Å². The Hall–Kier alpha value is -0.610. The molecule has 1 aromatic carbocycles. The highest BCUT2D eigenvalue weighted by Gasteiger charge is 2.47. The van der Waals surface area contributed by atoms with E-state index in [1.54, 1.807) is 16.7 Å². The standard InChI is InChI=1S/C20H31P/c1-12(2)21(13(3)4)20(9)17(8)16(7)18-14(5)10-11-15(6)19(18)20/h10-13H,1-9H3/t20-/m0/s1. The highest BCUT2D eigenvalue weighted by molar-refractivity contribution is 7.60. The Morgan fingerprint density at radius 2 is 1.33 bits per heavy atom. The van der Waals surface area contributed by atoms with Crippen LogP contribution in [0.25, 0.3) is 5.57 Å². The molecule has 2 rings (SSSR count). The lowest BCUT2D eigenvalue weighted by Crippen LogP contribution is -2.27. The fourth-order valence-corrected chi connectivity index (χ4v) is 8.97. The van der Waals surface area contributed by atoms with Crippen molar-refractivity contribution in [2.45, 2.75) is 78.8 Å². The van der Waals surface area contributed by atoms with Gasteiger partial charge in [0.05, 0.1) is 0 Å². The van der Waals surface area contributed by atoms with Crippen molar-refractivity contribution >= 4 is 13.5 Å². The van der Waals surface area contributed by atoms with Gasteiger partial charge in [0.1, 0.15) is 0 Å². The highest BCUT2D eigenvalue weighted by atomic mass is 31.1. The summed E-state index contributed by atoms with van der Waals surface area (Å²) in [4.78, 5) is 0. The first-order chi connectivity index (χ1) is 9.63. The SMILES string of the molecule is CC1=C(C)[C@](C)(P(C(C)C)C(C)C)c2c(C)ccc(C)c21. The van der Waals surface area contributed by atoms with E-state index in [1.807, 2.05) is 0 Å². The fourth-order valence-electron chi connectivity index (χ4n) is 4.61. The second-order valence-electron chi connectivity index (χ2n) is 7.37. The maximum absolute atomic E-state index is 2.52. The Bertz CT molecular complexity index is 584. The maximum atomic E-state index is 2.52. The predicted molar refractivity (Wildman–Crippen MR) is 98.7 cm³/mol. The quantitative estimate of drug-likeness (QED) is 0.550. The topological polar surface area (TPSA) is 0 Å². The normalized spacial score (nSPS) is 21.9. The molecule has 0 heterocycles. The second-order valence-corrected chi connectivity index (χ2v) is 11.1. The summed E-state index contributed by atoms with van der Waals surface area (Å²) in [6.07, 6.45) is 0. The summed E-state index contributed by atoms with van der Waals surface area (Å²) >= 11 is 0. The van der Waals surface area contributed by atoms with Gasteiger partial charge in [0.15, 0.2) is 0 Å². The summed E-state index contributed by atoms with van der Waals surface area (Å²) in [6, 6.07) is 4.62. The molecule has 0 radical (unpaired) electrons. The molecule has 0 unspecified atom stereocenters. The van der Waals surface area contributed by atoms with E-state index in [0.29, 0.717) is 0 Å². The first kappa shape index (κ1) is 16.8. The first-order valence-electron chi connectivity index (χ1n) is 8.21. The van der Waals surface area contributed by atoms with Crippen LogP contribution in [0.2, 0.25) is 0 Å². The molecule has 0 bridgehead atoms. The van der Waals surface area contributed by atoms with Gasteiger partial charge in [-0.1, -0.05) is 53.3 Å². The summed E-state index contributed by atoms with van der Waals surface area (Å²) in [7, 11) is -0.101. The number of allylic oxidation sites excluding steroid dienone is 2. The monoisotopic (exact) mass is 302 g/mol. The van der Waals surface area contributed by atoms with Gasteiger partial charge in [0, 0.05) is 5.16 Å². The molecule has 0 nitrogen and oxygen atoms in total. The van der Waals surface area contributed by atoms with Crippen LogP contribution in [-0.2, 0) is 5.16 Å². The molecule has 0 N–H and O–H groups in total. The van der Waals surface area contributed by atoms with Crippen molar-refractivity contribution < 1.29 is 0 Å². The maximum Gasteiger partial charge on any atom is 0.0349 e. The highest BCUT2D eigenvalue weighted by Crippen LogP contribution is 2.69. The van der Waals surface area contributed by atoms with Crippen molar-refractivity contribution in [3.05, 3.63) is 40.0 Å². The molecule has 0 aromatic heterocycles. The van der Waals surface area contributed by atoms with Gasteiger partial charge in [-0.05, 0) is 73.8 Å². The molecule has 0 saturated carbocycles. The fraction of sp³-hybridized carbons (Fsp3) is 0.600. The average molecular weight is 302 g/mol. The summed E-state index contributed by atoms with van der Waals surface area (Å²) in [5.74, 6) is 0. The number of hydrogen-bond acceptors (Lipinski definition) is 0. The van der Waals surface area contributed by atoms with Gasteiger partial charge in [-0.3, -0.25) is 0 Å². The third kappa shape index (κ3) is 2.31. The van der Waals surface area contributed by atoms with Crippen molar-refractivity contribution in [1.29, 1.82) is 0 Å². The van der Waals surface area contributed by atoms with Crippen LogP contribution in [0.15, 0.2) is 17.7 Å². The molecule has 21 heavy (non-hydrogen) atoms. The summed E-state index contributed by atoms with van der Waals surface area (Å²) in [5.41, 5.74) is 10.7. The molecule has 1 heteroatoms. The lowest BCUT2D eigenvalue weighted by Gasteiger charge is -2.43. The van der Waals surface area contributed by atoms with E-state index in [4.69, 9.17) is 0 Å². The van der Waals surface area contributed by atoms with Crippen LogP contribution < -0.4 is 0 Å². The van der Waals surface area contributed by atoms with Gasteiger partial charge < -0.3 is 0 Å². The van der Waals surface area contributed by atoms with E-state index in [2.05, 4.69) is 74.4 Å². The van der Waals surface area contributed by atoms with Gasteiger partial charge in [-0.15, -0.1) is 0 Å². The number of hydrogen-bond donors (Lipinski definition) is 0. The van der Waals surface area contributed by atoms with Gasteiger partial charge in [-0.25, -0.2) is 0 Å². The zero-order valence-corrected chi connectivity index (χ0v) is 16.2. The molecule has 0 aliphatic heterocycles. The van der Waals surface area contributed by atoms with Crippen LogP contribution in [0.4, 0.5) is 0 Å². The Labute approximate surface area is 132 Å². The minimum Gasteiger partial charge on any atom is -0.0864 e. The van der Waals surface area contributed by atoms with Crippen LogP contribution >= 0.6 is 7.92 Å². The molecular weight excluding hydrogens is 271 g/mol. The number of benzene rings is 1. The van der Waals surface area contributed by atoms with Crippen LogP contribution in [0, 0.1) is 13.8 Å². The minimum atomic E-state index is -0.101. The molecule has 1 atom stereocenters. The van der Waals surface area contributed by atoms with Crippen LogP contribution in [0.5, 0.6) is 0 Å². The van der Waals surface area contributed by atoms with Gasteiger partial charge >= 0.3 is 0 Å².